The van der Waals surface area contributed by atoms with Crippen LogP contribution in [-0.2, 0) is 6.54 Å². The van der Waals surface area contributed by atoms with E-state index in [9.17, 15) is 4.79 Å². The quantitative estimate of drug-likeness (QED) is 0.865. The van der Waals surface area contributed by atoms with Gasteiger partial charge in [-0.05, 0) is 51.9 Å². The molecule has 2 aromatic rings. The Morgan fingerprint density at radius 3 is 2.86 bits per heavy atom. The molecule has 0 amide bonds. The van der Waals surface area contributed by atoms with Crippen LogP contribution in [0.4, 0.5) is 0 Å². The molecule has 1 fully saturated rings. The van der Waals surface area contributed by atoms with Crippen molar-refractivity contribution in [3.63, 3.8) is 0 Å². The molecule has 1 aromatic carbocycles. The van der Waals surface area contributed by atoms with Gasteiger partial charge in [0.15, 0.2) is 5.43 Å². The summed E-state index contributed by atoms with van der Waals surface area (Å²) in [6, 6.07) is 10.4. The Labute approximate surface area is 126 Å². The zero-order valence-corrected chi connectivity index (χ0v) is 13.0. The molecule has 0 N–H and O–H groups in total. The minimum Gasteiger partial charge on any atom is -0.345 e. The normalized spacial score (nSPS) is 20.0. The van der Waals surface area contributed by atoms with Crippen LogP contribution in [0.25, 0.3) is 10.9 Å². The predicted octanol–water partition coefficient (Wildman–Crippen LogP) is 3.18. The Morgan fingerprint density at radius 1 is 1.24 bits per heavy atom. The lowest BCUT2D eigenvalue weighted by molar-refractivity contribution is 0.171. The van der Waals surface area contributed by atoms with Crippen molar-refractivity contribution < 1.29 is 0 Å². The van der Waals surface area contributed by atoms with Gasteiger partial charge in [0, 0.05) is 29.7 Å². The molecule has 3 nitrogen and oxygen atoms in total. The number of hydrogen-bond acceptors (Lipinski definition) is 2. The minimum absolute atomic E-state index is 0.133. The van der Waals surface area contributed by atoms with Crippen LogP contribution in [0.15, 0.2) is 35.1 Å². The van der Waals surface area contributed by atoms with Crippen LogP contribution >= 0.6 is 0 Å². The minimum atomic E-state index is 0.133. The van der Waals surface area contributed by atoms with E-state index in [1.165, 1.54) is 25.8 Å². The fourth-order valence-corrected chi connectivity index (χ4v) is 3.54. The average molecular weight is 284 g/mol. The van der Waals surface area contributed by atoms with Gasteiger partial charge in [-0.3, -0.25) is 4.79 Å². The molecule has 112 valence electrons. The van der Waals surface area contributed by atoms with Crippen LogP contribution in [0.5, 0.6) is 0 Å². The summed E-state index contributed by atoms with van der Waals surface area (Å²) in [6.45, 7) is 4.24. The van der Waals surface area contributed by atoms with Crippen molar-refractivity contribution >= 4 is 10.9 Å². The van der Waals surface area contributed by atoms with Gasteiger partial charge in [-0.15, -0.1) is 0 Å². The second-order valence-corrected chi connectivity index (χ2v) is 6.24. The third kappa shape index (κ3) is 2.88. The third-order valence-electron chi connectivity index (χ3n) is 4.83. The Kier molecular flexibility index (Phi) is 4.11. The van der Waals surface area contributed by atoms with E-state index in [-0.39, 0.29) is 5.43 Å². The van der Waals surface area contributed by atoms with Gasteiger partial charge >= 0.3 is 0 Å². The fourth-order valence-electron chi connectivity index (χ4n) is 3.54. The van der Waals surface area contributed by atoms with Crippen molar-refractivity contribution in [1.29, 1.82) is 0 Å². The summed E-state index contributed by atoms with van der Waals surface area (Å²) in [5.41, 5.74) is 2.27. The number of fused-ring (bicyclic) bond motifs is 1. The lowest BCUT2D eigenvalue weighted by Crippen LogP contribution is -2.37. The van der Waals surface area contributed by atoms with Gasteiger partial charge < -0.3 is 9.47 Å². The first-order chi connectivity index (χ1) is 10.2. The van der Waals surface area contributed by atoms with Crippen LogP contribution in [0.1, 0.15) is 31.4 Å². The summed E-state index contributed by atoms with van der Waals surface area (Å²) < 4.78 is 2.30. The molecule has 1 aromatic heterocycles. The van der Waals surface area contributed by atoms with Crippen molar-refractivity contribution in [2.24, 2.45) is 0 Å². The molecule has 2 heterocycles. The van der Waals surface area contributed by atoms with Crippen molar-refractivity contribution in [2.45, 2.75) is 45.2 Å². The van der Waals surface area contributed by atoms with Crippen LogP contribution in [-0.4, -0.2) is 29.1 Å². The number of aryl methyl sites for hydroxylation is 2. The smallest absolute Gasteiger partial charge is 0.189 e. The topological polar surface area (TPSA) is 25.2 Å². The molecule has 1 aliphatic rings. The molecule has 21 heavy (non-hydrogen) atoms. The summed E-state index contributed by atoms with van der Waals surface area (Å²) >= 11 is 0. The molecular weight excluding hydrogens is 260 g/mol. The Hall–Kier alpha value is -1.61. The van der Waals surface area contributed by atoms with E-state index in [1.54, 1.807) is 6.07 Å². The van der Waals surface area contributed by atoms with E-state index in [2.05, 4.69) is 22.6 Å². The molecule has 1 aliphatic heterocycles. The Morgan fingerprint density at radius 2 is 2.05 bits per heavy atom. The standard InChI is InChI=1S/C18H24N2O/c1-14-13-18(21)16-8-3-4-9-17(16)20(14)12-10-15-7-5-6-11-19(15)2/h3-4,8-9,13,15H,5-7,10-12H2,1-2H3/t15-/m1/s1. The Bertz CT molecular complexity index is 689. The van der Waals surface area contributed by atoms with E-state index < -0.39 is 0 Å². The number of likely N-dealkylation sites (tertiary alicyclic amines) is 1. The molecule has 3 rings (SSSR count). The zero-order valence-electron chi connectivity index (χ0n) is 13.0. The fraction of sp³-hybridized carbons (Fsp3) is 0.500. The maximum Gasteiger partial charge on any atom is 0.189 e. The molecule has 0 saturated carbocycles. The van der Waals surface area contributed by atoms with Crippen LogP contribution in [0.3, 0.4) is 0 Å². The second-order valence-electron chi connectivity index (χ2n) is 6.24. The number of para-hydroxylation sites is 1. The number of aromatic nitrogens is 1. The third-order valence-corrected chi connectivity index (χ3v) is 4.83. The van der Waals surface area contributed by atoms with E-state index in [0.29, 0.717) is 6.04 Å². The molecule has 0 bridgehead atoms. The lowest BCUT2D eigenvalue weighted by atomic mass is 10.00. The number of rotatable bonds is 3. The first kappa shape index (κ1) is 14.3. The number of piperidine rings is 1. The van der Waals surface area contributed by atoms with Gasteiger partial charge in [-0.2, -0.15) is 0 Å². The zero-order chi connectivity index (χ0) is 14.8. The highest BCUT2D eigenvalue weighted by atomic mass is 16.1. The van der Waals surface area contributed by atoms with Gasteiger partial charge in [0.2, 0.25) is 0 Å². The summed E-state index contributed by atoms with van der Waals surface area (Å²) in [7, 11) is 2.24. The number of nitrogens with zero attached hydrogens (tertiary/aromatic N) is 2. The molecule has 0 spiro atoms. The number of pyridine rings is 1. The average Bonchev–Trinajstić information content (AvgIpc) is 2.49. The molecule has 0 aliphatic carbocycles. The van der Waals surface area contributed by atoms with E-state index in [4.69, 9.17) is 0 Å². The maximum atomic E-state index is 12.1. The van der Waals surface area contributed by atoms with E-state index >= 15 is 0 Å². The number of hydrogen-bond donors (Lipinski definition) is 0. The molecule has 3 heteroatoms. The van der Waals surface area contributed by atoms with Crippen molar-refractivity contribution in [3.8, 4) is 0 Å². The van der Waals surface area contributed by atoms with Gasteiger partial charge in [-0.25, -0.2) is 0 Å². The molecule has 0 unspecified atom stereocenters. The van der Waals surface area contributed by atoms with Gasteiger partial charge in [-0.1, -0.05) is 18.6 Å². The lowest BCUT2D eigenvalue weighted by Gasteiger charge is -2.33. The van der Waals surface area contributed by atoms with E-state index in [0.717, 1.165) is 29.6 Å². The van der Waals surface area contributed by atoms with Crippen LogP contribution in [0, 0.1) is 6.92 Å². The first-order valence-electron chi connectivity index (χ1n) is 7.96. The highest BCUT2D eigenvalue weighted by molar-refractivity contribution is 5.79. The monoisotopic (exact) mass is 284 g/mol. The SMILES string of the molecule is Cc1cc(=O)c2ccccc2n1CC[C@H]1CCCCN1C. The van der Waals surface area contributed by atoms with Crippen molar-refractivity contribution in [1.82, 2.24) is 9.47 Å². The molecule has 1 atom stereocenters. The van der Waals surface area contributed by atoms with Crippen LogP contribution in [0.2, 0.25) is 0 Å². The largest absolute Gasteiger partial charge is 0.345 e. The summed E-state index contributed by atoms with van der Waals surface area (Å²) in [5.74, 6) is 0. The summed E-state index contributed by atoms with van der Waals surface area (Å²) in [6.07, 6.45) is 5.13. The highest BCUT2D eigenvalue weighted by Crippen LogP contribution is 2.20. The maximum absolute atomic E-state index is 12.1. The molecular formula is C18H24N2O. The molecule has 1 saturated heterocycles. The number of benzene rings is 1. The second kappa shape index (κ2) is 6.02. The van der Waals surface area contributed by atoms with Crippen molar-refractivity contribution in [3.05, 3.63) is 46.2 Å². The van der Waals surface area contributed by atoms with E-state index in [1.807, 2.05) is 25.1 Å². The first-order valence-corrected chi connectivity index (χ1v) is 7.96. The predicted molar refractivity (Wildman–Crippen MR) is 87.8 cm³/mol. The molecule has 0 radical (unpaired) electrons. The van der Waals surface area contributed by atoms with Crippen LogP contribution < -0.4 is 5.43 Å². The van der Waals surface area contributed by atoms with Gasteiger partial charge in [0.1, 0.15) is 0 Å². The summed E-state index contributed by atoms with van der Waals surface area (Å²) in [4.78, 5) is 14.6. The van der Waals surface area contributed by atoms with Gasteiger partial charge in [0.25, 0.3) is 0 Å². The van der Waals surface area contributed by atoms with Gasteiger partial charge in [0.05, 0.1) is 5.52 Å². The summed E-state index contributed by atoms with van der Waals surface area (Å²) in [5, 5.41) is 0.833. The Balaban J connectivity index is 1.88. The highest BCUT2D eigenvalue weighted by Gasteiger charge is 2.19. The van der Waals surface area contributed by atoms with Crippen molar-refractivity contribution in [2.75, 3.05) is 13.6 Å².